The van der Waals surface area contributed by atoms with E-state index < -0.39 is 15.9 Å². The highest BCUT2D eigenvalue weighted by Gasteiger charge is 2.29. The van der Waals surface area contributed by atoms with Crippen LogP contribution in [0, 0.1) is 6.92 Å². The molecule has 9 heteroatoms. The molecule has 1 N–H and O–H groups in total. The van der Waals surface area contributed by atoms with E-state index in [0.717, 1.165) is 9.87 Å². The minimum absolute atomic E-state index is 0.0261. The van der Waals surface area contributed by atoms with Gasteiger partial charge in [-0.2, -0.15) is 0 Å². The molecule has 0 spiro atoms. The van der Waals surface area contributed by atoms with Crippen molar-refractivity contribution in [1.29, 1.82) is 0 Å². The molecule has 0 atom stereocenters. The quantitative estimate of drug-likeness (QED) is 0.591. The summed E-state index contributed by atoms with van der Waals surface area (Å²) in [7, 11) is -1.12. The van der Waals surface area contributed by atoms with Gasteiger partial charge in [-0.15, -0.1) is 0 Å². The van der Waals surface area contributed by atoms with Crippen LogP contribution in [-0.4, -0.2) is 32.7 Å². The molecule has 0 aliphatic carbocycles. The monoisotopic (exact) mass is 458 g/mol. The number of carbonyl (C=O) groups excluding carboxylic acids is 1. The lowest BCUT2D eigenvalue weighted by atomic mass is 10.1. The second-order valence-electron chi connectivity index (χ2n) is 7.19. The third kappa shape index (κ3) is 4.10. The average molecular weight is 459 g/mol. The largest absolute Gasteiger partial charge is 0.456 e. The molecule has 0 aromatic heterocycles. The van der Waals surface area contributed by atoms with Crippen molar-refractivity contribution in [3.63, 3.8) is 0 Å². The van der Waals surface area contributed by atoms with Gasteiger partial charge in [0.15, 0.2) is 11.5 Å². The van der Waals surface area contributed by atoms with E-state index in [1.54, 1.807) is 36.4 Å². The summed E-state index contributed by atoms with van der Waals surface area (Å²) in [6, 6.07) is 14.5. The molecule has 0 unspecified atom stereocenters. The molecule has 3 aromatic carbocycles. The number of anilines is 1. The number of nitrogens with zero attached hydrogens (tertiary/aromatic N) is 1. The van der Waals surface area contributed by atoms with Crippen molar-refractivity contribution in [2.24, 2.45) is 0 Å². The zero-order chi connectivity index (χ0) is 22.3. The lowest BCUT2D eigenvalue weighted by Gasteiger charge is -2.18. The van der Waals surface area contributed by atoms with Crippen molar-refractivity contribution in [2.45, 2.75) is 11.8 Å². The first kappa shape index (κ1) is 21.2. The molecule has 0 saturated heterocycles. The van der Waals surface area contributed by atoms with Crippen molar-refractivity contribution in [2.75, 3.05) is 19.4 Å². The van der Waals surface area contributed by atoms with E-state index in [0.29, 0.717) is 22.2 Å². The fourth-order valence-corrected chi connectivity index (χ4v) is 4.19. The summed E-state index contributed by atoms with van der Waals surface area (Å²) in [6.07, 6.45) is 0. The van der Waals surface area contributed by atoms with E-state index in [1.165, 1.54) is 26.2 Å². The number of hydrogen-bond acceptors (Lipinski definition) is 5. The number of rotatable bonds is 4. The fraction of sp³-hybridized carbons (Fsp3) is 0.136. The maximum absolute atomic E-state index is 13.0. The molecule has 4 rings (SSSR count). The van der Waals surface area contributed by atoms with Gasteiger partial charge >= 0.3 is 0 Å². The molecule has 0 radical (unpaired) electrons. The van der Waals surface area contributed by atoms with Crippen LogP contribution in [0.3, 0.4) is 0 Å². The lowest BCUT2D eigenvalue weighted by Crippen LogP contribution is -2.23. The number of benzene rings is 3. The molecule has 0 saturated carbocycles. The van der Waals surface area contributed by atoms with E-state index in [4.69, 9.17) is 21.1 Å². The SMILES string of the molecule is Cc1ccc2c(c1)NC(=O)c1cc(S(=O)(=O)N(C)C)c(Oc3ccc(Cl)cc3)cc1O2. The first-order valence-electron chi connectivity index (χ1n) is 9.29. The summed E-state index contributed by atoms with van der Waals surface area (Å²) in [5.74, 6) is 0.555. The van der Waals surface area contributed by atoms with E-state index in [1.807, 2.05) is 13.0 Å². The Morgan fingerprint density at radius 3 is 2.39 bits per heavy atom. The van der Waals surface area contributed by atoms with Gasteiger partial charge in [-0.05, 0) is 55.0 Å². The van der Waals surface area contributed by atoms with Crippen LogP contribution in [0.1, 0.15) is 15.9 Å². The Labute approximate surface area is 185 Å². The summed E-state index contributed by atoms with van der Waals surface area (Å²) >= 11 is 5.93. The second-order valence-corrected chi connectivity index (χ2v) is 9.75. The second kappa shape index (κ2) is 7.88. The number of aryl methyl sites for hydroxylation is 1. The van der Waals surface area contributed by atoms with Crippen molar-refractivity contribution in [3.05, 3.63) is 70.7 Å². The first-order chi connectivity index (χ1) is 14.6. The normalized spacial score (nSPS) is 13.0. The molecule has 160 valence electrons. The Bertz CT molecular complexity index is 1290. The van der Waals surface area contributed by atoms with Crippen LogP contribution in [-0.2, 0) is 10.0 Å². The summed E-state index contributed by atoms with van der Waals surface area (Å²) in [5.41, 5.74) is 1.52. The van der Waals surface area contributed by atoms with Gasteiger partial charge in [0.1, 0.15) is 16.4 Å². The Morgan fingerprint density at radius 1 is 1.00 bits per heavy atom. The Kier molecular flexibility index (Phi) is 5.38. The predicted octanol–water partition coefficient (Wildman–Crippen LogP) is 5.05. The number of halogens is 1. The highest BCUT2D eigenvalue weighted by atomic mass is 35.5. The molecular formula is C22H19ClN2O5S. The first-order valence-corrected chi connectivity index (χ1v) is 11.1. The van der Waals surface area contributed by atoms with Crippen molar-refractivity contribution >= 4 is 33.2 Å². The minimum atomic E-state index is -3.93. The van der Waals surface area contributed by atoms with E-state index in [2.05, 4.69) is 5.32 Å². The summed E-state index contributed by atoms with van der Waals surface area (Å²) < 4.78 is 38.9. The molecule has 0 fully saturated rings. The number of nitrogens with one attached hydrogen (secondary N) is 1. The molecular weight excluding hydrogens is 440 g/mol. The molecule has 1 amide bonds. The standard InChI is InChI=1S/C22H19ClN2O5S/c1-13-4-9-18-17(10-13)24-22(26)16-11-21(31(27,28)25(2)3)20(12-19(16)30-18)29-15-7-5-14(23)6-8-15/h4-12H,1-3H3,(H,24,26). The fourth-order valence-electron chi connectivity index (χ4n) is 3.05. The van der Waals surface area contributed by atoms with Crippen molar-refractivity contribution in [1.82, 2.24) is 4.31 Å². The number of carbonyl (C=O) groups is 1. The van der Waals surface area contributed by atoms with Crippen LogP contribution in [0.25, 0.3) is 0 Å². The number of hydrogen-bond donors (Lipinski definition) is 1. The number of fused-ring (bicyclic) bond motifs is 2. The predicted molar refractivity (Wildman–Crippen MR) is 118 cm³/mol. The minimum Gasteiger partial charge on any atom is -0.456 e. The van der Waals surface area contributed by atoms with Crippen LogP contribution < -0.4 is 14.8 Å². The van der Waals surface area contributed by atoms with Crippen LogP contribution >= 0.6 is 11.6 Å². The number of sulfonamides is 1. The van der Waals surface area contributed by atoms with Gasteiger partial charge in [-0.3, -0.25) is 4.79 Å². The van der Waals surface area contributed by atoms with Crippen molar-refractivity contribution in [3.8, 4) is 23.0 Å². The Balaban J connectivity index is 1.89. The van der Waals surface area contributed by atoms with Crippen LogP contribution in [0.5, 0.6) is 23.0 Å². The summed E-state index contributed by atoms with van der Waals surface area (Å²) in [5, 5.41) is 3.29. The summed E-state index contributed by atoms with van der Waals surface area (Å²) in [4.78, 5) is 12.7. The molecule has 31 heavy (non-hydrogen) atoms. The Hall–Kier alpha value is -3.07. The van der Waals surface area contributed by atoms with Gasteiger partial charge in [0.2, 0.25) is 10.0 Å². The highest BCUT2D eigenvalue weighted by molar-refractivity contribution is 7.89. The maximum Gasteiger partial charge on any atom is 0.259 e. The topological polar surface area (TPSA) is 84.9 Å². The number of ether oxygens (including phenoxy) is 2. The van der Waals surface area contributed by atoms with Gasteiger partial charge in [0.25, 0.3) is 5.91 Å². The smallest absolute Gasteiger partial charge is 0.259 e. The molecule has 1 heterocycles. The van der Waals surface area contributed by atoms with Gasteiger partial charge in [0.05, 0.1) is 11.3 Å². The Morgan fingerprint density at radius 2 is 1.71 bits per heavy atom. The molecule has 0 bridgehead atoms. The third-order valence-electron chi connectivity index (χ3n) is 4.69. The molecule has 1 aliphatic heterocycles. The highest BCUT2D eigenvalue weighted by Crippen LogP contribution is 2.42. The van der Waals surface area contributed by atoms with E-state index in [9.17, 15) is 13.2 Å². The zero-order valence-corrected chi connectivity index (χ0v) is 18.5. The van der Waals surface area contributed by atoms with Gasteiger partial charge in [0, 0.05) is 25.2 Å². The third-order valence-corrected chi connectivity index (χ3v) is 6.78. The van der Waals surface area contributed by atoms with E-state index >= 15 is 0 Å². The number of amides is 1. The van der Waals surface area contributed by atoms with Gasteiger partial charge < -0.3 is 14.8 Å². The zero-order valence-electron chi connectivity index (χ0n) is 17.0. The van der Waals surface area contributed by atoms with Crippen molar-refractivity contribution < 1.29 is 22.7 Å². The van der Waals surface area contributed by atoms with Crippen LogP contribution in [0.4, 0.5) is 5.69 Å². The lowest BCUT2D eigenvalue weighted by molar-refractivity contribution is 0.102. The van der Waals surface area contributed by atoms with Gasteiger partial charge in [-0.25, -0.2) is 12.7 Å². The summed E-state index contributed by atoms with van der Waals surface area (Å²) in [6.45, 7) is 1.89. The van der Waals surface area contributed by atoms with E-state index in [-0.39, 0.29) is 22.0 Å². The molecule has 3 aromatic rings. The average Bonchev–Trinajstić information content (AvgIpc) is 2.84. The maximum atomic E-state index is 13.0. The van der Waals surface area contributed by atoms with Crippen LogP contribution in [0.15, 0.2) is 59.5 Å². The molecule has 7 nitrogen and oxygen atoms in total. The van der Waals surface area contributed by atoms with Gasteiger partial charge in [-0.1, -0.05) is 17.7 Å². The van der Waals surface area contributed by atoms with Crippen LogP contribution in [0.2, 0.25) is 5.02 Å². The molecule has 1 aliphatic rings.